The van der Waals surface area contributed by atoms with Gasteiger partial charge >= 0.3 is 0 Å². The third-order valence-corrected chi connectivity index (χ3v) is 2.89. The molecule has 0 N–H and O–H groups in total. The Morgan fingerprint density at radius 2 is 2.06 bits per heavy atom. The highest BCUT2D eigenvalue weighted by Crippen LogP contribution is 2.33. The predicted molar refractivity (Wildman–Crippen MR) is 71.1 cm³/mol. The quantitative estimate of drug-likeness (QED) is 0.580. The van der Waals surface area contributed by atoms with Crippen LogP contribution in [0.3, 0.4) is 0 Å². The molecule has 0 radical (unpaired) electrons. The van der Waals surface area contributed by atoms with Gasteiger partial charge < -0.3 is 9.05 Å². The lowest BCUT2D eigenvalue weighted by atomic mass is 10.0. The zero-order chi connectivity index (χ0) is 12.0. The molecular formula is C11H16O3P2. The van der Waals surface area contributed by atoms with Crippen molar-refractivity contribution >= 4 is 25.2 Å². The van der Waals surface area contributed by atoms with Crippen molar-refractivity contribution in [3.63, 3.8) is 0 Å². The zero-order valence-corrected chi connectivity index (χ0v) is 11.5. The maximum atomic E-state index is 11.0. The van der Waals surface area contributed by atoms with Crippen molar-refractivity contribution in [3.8, 4) is 11.5 Å². The van der Waals surface area contributed by atoms with Crippen LogP contribution >= 0.6 is 18.9 Å². The third-order valence-electron chi connectivity index (χ3n) is 2.40. The summed E-state index contributed by atoms with van der Waals surface area (Å²) in [4.78, 5) is 11.0. The first-order valence-electron chi connectivity index (χ1n) is 5.13. The van der Waals surface area contributed by atoms with E-state index in [0.29, 0.717) is 17.1 Å². The fraction of sp³-hybridized carbons (Fsp3) is 0.364. The Balaban J connectivity index is 3.15. The highest BCUT2D eigenvalue weighted by atomic mass is 31.0. The second-order valence-electron chi connectivity index (χ2n) is 3.42. The van der Waals surface area contributed by atoms with E-state index in [2.05, 4.69) is 25.9 Å². The minimum absolute atomic E-state index is 0.457. The van der Waals surface area contributed by atoms with E-state index in [1.807, 2.05) is 6.07 Å². The number of carbonyl (C=O) groups excluding carboxylic acids is 1. The van der Waals surface area contributed by atoms with Crippen molar-refractivity contribution in [2.45, 2.75) is 26.2 Å². The van der Waals surface area contributed by atoms with Gasteiger partial charge in [0.2, 0.25) is 0 Å². The summed E-state index contributed by atoms with van der Waals surface area (Å²) in [6.45, 7) is 2.13. The fourth-order valence-corrected chi connectivity index (χ4v) is 2.03. The van der Waals surface area contributed by atoms with E-state index in [1.54, 1.807) is 6.07 Å². The largest absolute Gasteiger partial charge is 0.479 e. The molecule has 0 saturated heterocycles. The van der Waals surface area contributed by atoms with E-state index >= 15 is 0 Å². The van der Waals surface area contributed by atoms with E-state index < -0.39 is 0 Å². The standard InChI is InChI=1S/C11H16O3P2/c1-2-3-4-8-5-6-10(13-15)9(7-12)11(8)14-16/h5-7H,2-4,15-16H2,1H3. The molecular weight excluding hydrogens is 242 g/mol. The van der Waals surface area contributed by atoms with Crippen LogP contribution < -0.4 is 9.05 Å². The fourth-order valence-electron chi connectivity index (χ4n) is 1.54. The van der Waals surface area contributed by atoms with Crippen LogP contribution in [0.2, 0.25) is 0 Å². The van der Waals surface area contributed by atoms with Gasteiger partial charge in [0.05, 0.1) is 24.5 Å². The number of hydrogen-bond acceptors (Lipinski definition) is 3. The summed E-state index contributed by atoms with van der Waals surface area (Å²) in [6.07, 6.45) is 3.83. The highest BCUT2D eigenvalue weighted by molar-refractivity contribution is 7.10. The van der Waals surface area contributed by atoms with Crippen LogP contribution in [-0.4, -0.2) is 6.29 Å². The Kier molecular flexibility index (Phi) is 5.73. The van der Waals surface area contributed by atoms with Crippen molar-refractivity contribution in [2.24, 2.45) is 0 Å². The van der Waals surface area contributed by atoms with Gasteiger partial charge in [0, 0.05) is 0 Å². The summed E-state index contributed by atoms with van der Waals surface area (Å²) in [7, 11) is 4.31. The molecule has 0 fully saturated rings. The Bertz CT molecular complexity index is 366. The number of aldehydes is 1. The summed E-state index contributed by atoms with van der Waals surface area (Å²) < 4.78 is 10.2. The maximum absolute atomic E-state index is 11.0. The second-order valence-corrected chi connectivity index (χ2v) is 3.89. The highest BCUT2D eigenvalue weighted by Gasteiger charge is 2.13. The molecule has 1 aromatic rings. The number of rotatable bonds is 6. The monoisotopic (exact) mass is 258 g/mol. The summed E-state index contributed by atoms with van der Waals surface area (Å²) >= 11 is 0. The molecule has 0 aliphatic rings. The smallest absolute Gasteiger partial charge is 0.157 e. The summed E-state index contributed by atoms with van der Waals surface area (Å²) in [5.74, 6) is 1.10. The number of unbranched alkanes of at least 4 members (excludes halogenated alkanes) is 1. The van der Waals surface area contributed by atoms with Crippen molar-refractivity contribution < 1.29 is 13.8 Å². The van der Waals surface area contributed by atoms with Crippen LogP contribution in [0.15, 0.2) is 12.1 Å². The van der Waals surface area contributed by atoms with Gasteiger partial charge in [0.25, 0.3) is 0 Å². The van der Waals surface area contributed by atoms with Crippen LogP contribution in [0.25, 0.3) is 0 Å². The minimum Gasteiger partial charge on any atom is -0.479 e. The average molecular weight is 258 g/mol. The van der Waals surface area contributed by atoms with Crippen molar-refractivity contribution in [1.29, 1.82) is 0 Å². The van der Waals surface area contributed by atoms with Crippen LogP contribution in [0.4, 0.5) is 0 Å². The Hall–Kier alpha value is -0.650. The SMILES string of the molecule is CCCCc1ccc(OP)c(C=O)c1OP. The second kappa shape index (κ2) is 6.83. The maximum Gasteiger partial charge on any atom is 0.157 e. The topological polar surface area (TPSA) is 35.5 Å². The van der Waals surface area contributed by atoms with Gasteiger partial charge in [-0.15, -0.1) is 0 Å². The minimum atomic E-state index is 0.457. The average Bonchev–Trinajstić information content (AvgIpc) is 2.34. The first-order chi connectivity index (χ1) is 7.78. The first-order valence-corrected chi connectivity index (χ1v) is 6.07. The van der Waals surface area contributed by atoms with Gasteiger partial charge in [0.15, 0.2) is 6.29 Å². The summed E-state index contributed by atoms with van der Waals surface area (Å²) in [6, 6.07) is 3.72. The van der Waals surface area contributed by atoms with Crippen molar-refractivity contribution in [2.75, 3.05) is 0 Å². The molecule has 3 nitrogen and oxygen atoms in total. The molecule has 0 amide bonds. The molecule has 16 heavy (non-hydrogen) atoms. The number of aryl methyl sites for hydroxylation is 1. The molecule has 0 aliphatic heterocycles. The molecule has 0 aromatic heterocycles. The van der Waals surface area contributed by atoms with E-state index in [4.69, 9.17) is 9.05 Å². The van der Waals surface area contributed by atoms with E-state index in [9.17, 15) is 4.79 Å². The Morgan fingerprint density at radius 1 is 1.31 bits per heavy atom. The van der Waals surface area contributed by atoms with Gasteiger partial charge in [-0.25, -0.2) is 0 Å². The van der Waals surface area contributed by atoms with E-state index in [0.717, 1.165) is 31.1 Å². The zero-order valence-electron chi connectivity index (χ0n) is 9.23. The van der Waals surface area contributed by atoms with Crippen LogP contribution in [0, 0.1) is 0 Å². The van der Waals surface area contributed by atoms with Gasteiger partial charge in [-0.2, -0.15) is 0 Å². The Labute approximate surface area is 100 Å². The van der Waals surface area contributed by atoms with Gasteiger partial charge in [-0.3, -0.25) is 4.79 Å². The first kappa shape index (κ1) is 13.4. The molecule has 1 rings (SSSR count). The summed E-state index contributed by atoms with van der Waals surface area (Å²) in [5.41, 5.74) is 1.49. The van der Waals surface area contributed by atoms with Crippen molar-refractivity contribution in [3.05, 3.63) is 23.3 Å². The lowest BCUT2D eigenvalue weighted by molar-refractivity contribution is 0.112. The van der Waals surface area contributed by atoms with Crippen LogP contribution in [-0.2, 0) is 6.42 Å². The lowest BCUT2D eigenvalue weighted by Crippen LogP contribution is -1.96. The van der Waals surface area contributed by atoms with Crippen LogP contribution in [0.1, 0.15) is 35.7 Å². The molecule has 2 atom stereocenters. The molecule has 0 aliphatic carbocycles. The summed E-state index contributed by atoms with van der Waals surface area (Å²) in [5, 5.41) is 0. The van der Waals surface area contributed by atoms with E-state index in [-0.39, 0.29) is 0 Å². The normalized spacial score (nSPS) is 9.94. The molecule has 5 heteroatoms. The molecule has 0 spiro atoms. The van der Waals surface area contributed by atoms with Crippen molar-refractivity contribution in [1.82, 2.24) is 0 Å². The van der Waals surface area contributed by atoms with Gasteiger partial charge in [-0.1, -0.05) is 19.4 Å². The number of hydrogen-bond donors (Lipinski definition) is 0. The molecule has 1 aromatic carbocycles. The molecule has 88 valence electrons. The molecule has 0 heterocycles. The van der Waals surface area contributed by atoms with Crippen LogP contribution in [0.5, 0.6) is 11.5 Å². The number of carbonyl (C=O) groups is 1. The van der Waals surface area contributed by atoms with Gasteiger partial charge in [-0.05, 0) is 24.5 Å². The lowest BCUT2D eigenvalue weighted by Gasteiger charge is -2.12. The predicted octanol–water partition coefficient (Wildman–Crippen LogP) is 3.18. The Morgan fingerprint density at radius 3 is 2.56 bits per heavy atom. The van der Waals surface area contributed by atoms with Gasteiger partial charge in [0.1, 0.15) is 11.5 Å². The molecule has 0 saturated carbocycles. The molecule has 2 unspecified atom stereocenters. The third kappa shape index (κ3) is 2.93. The number of benzene rings is 1. The molecule has 0 bridgehead atoms. The van der Waals surface area contributed by atoms with E-state index in [1.165, 1.54) is 0 Å².